The molecule has 0 saturated heterocycles. The standard InChI is InChI=1S/C17H25N3O2S2/c1-4-8-19(9-5-2)14(21)12-24-17-18-13-7-11-23-15(13)16(22)20(17)10-6-3/h7,11H,4-6,8-10,12H2,1-3H3. The molecule has 2 rings (SSSR count). The van der Waals surface area contributed by atoms with Crippen molar-refractivity contribution in [2.45, 2.75) is 51.7 Å². The Labute approximate surface area is 151 Å². The second-order valence-electron chi connectivity index (χ2n) is 5.66. The number of amides is 1. The number of hydrogen-bond donors (Lipinski definition) is 0. The smallest absolute Gasteiger partial charge is 0.272 e. The monoisotopic (exact) mass is 367 g/mol. The highest BCUT2D eigenvalue weighted by Crippen LogP contribution is 2.21. The molecule has 0 aromatic carbocycles. The van der Waals surface area contributed by atoms with Gasteiger partial charge in [-0.15, -0.1) is 11.3 Å². The van der Waals surface area contributed by atoms with Gasteiger partial charge in [-0.1, -0.05) is 32.5 Å². The molecule has 5 nitrogen and oxygen atoms in total. The van der Waals surface area contributed by atoms with Crippen molar-refractivity contribution in [3.8, 4) is 0 Å². The lowest BCUT2D eigenvalue weighted by Crippen LogP contribution is -2.34. The highest BCUT2D eigenvalue weighted by molar-refractivity contribution is 7.99. The lowest BCUT2D eigenvalue weighted by Gasteiger charge is -2.21. The van der Waals surface area contributed by atoms with Crippen molar-refractivity contribution < 1.29 is 4.79 Å². The second-order valence-corrected chi connectivity index (χ2v) is 7.51. The van der Waals surface area contributed by atoms with Crippen molar-refractivity contribution in [2.24, 2.45) is 0 Å². The van der Waals surface area contributed by atoms with Crippen LogP contribution in [0, 0.1) is 0 Å². The van der Waals surface area contributed by atoms with Gasteiger partial charge in [0, 0.05) is 19.6 Å². The SMILES string of the molecule is CCCN(CCC)C(=O)CSc1nc2ccsc2c(=O)n1CCC. The highest BCUT2D eigenvalue weighted by Gasteiger charge is 2.16. The maximum Gasteiger partial charge on any atom is 0.272 e. The first-order valence-electron chi connectivity index (χ1n) is 8.50. The summed E-state index contributed by atoms with van der Waals surface area (Å²) in [5.74, 6) is 0.442. The second kappa shape index (κ2) is 9.22. The van der Waals surface area contributed by atoms with Gasteiger partial charge in [-0.2, -0.15) is 0 Å². The molecule has 24 heavy (non-hydrogen) atoms. The Balaban J connectivity index is 2.20. The quantitative estimate of drug-likeness (QED) is 0.502. The molecule has 1 amide bonds. The molecule has 0 saturated carbocycles. The van der Waals surface area contributed by atoms with E-state index in [1.165, 1.54) is 23.1 Å². The van der Waals surface area contributed by atoms with Crippen molar-refractivity contribution in [3.63, 3.8) is 0 Å². The molecule has 0 aliphatic heterocycles. The lowest BCUT2D eigenvalue weighted by atomic mass is 10.3. The van der Waals surface area contributed by atoms with E-state index in [1.807, 2.05) is 23.3 Å². The molecule has 2 aromatic heterocycles. The summed E-state index contributed by atoms with van der Waals surface area (Å²) in [6.07, 6.45) is 2.77. The molecule has 0 N–H and O–H groups in total. The molecule has 132 valence electrons. The number of aromatic nitrogens is 2. The Morgan fingerprint density at radius 3 is 2.58 bits per heavy atom. The molecular weight excluding hydrogens is 342 g/mol. The summed E-state index contributed by atoms with van der Waals surface area (Å²) in [7, 11) is 0. The van der Waals surface area contributed by atoms with Gasteiger partial charge in [-0.05, 0) is 30.7 Å². The van der Waals surface area contributed by atoms with E-state index in [0.29, 0.717) is 22.2 Å². The minimum atomic E-state index is 0.00534. The first-order valence-corrected chi connectivity index (χ1v) is 10.4. The maximum atomic E-state index is 12.6. The van der Waals surface area contributed by atoms with Gasteiger partial charge < -0.3 is 4.90 Å². The fraction of sp³-hybridized carbons (Fsp3) is 0.588. The Hall–Kier alpha value is -1.34. The van der Waals surface area contributed by atoms with Crippen LogP contribution in [0.3, 0.4) is 0 Å². The van der Waals surface area contributed by atoms with E-state index < -0.39 is 0 Å². The number of carbonyl (C=O) groups excluding carboxylic acids is 1. The van der Waals surface area contributed by atoms with E-state index in [1.54, 1.807) is 4.57 Å². The fourth-order valence-corrected chi connectivity index (χ4v) is 4.28. The third kappa shape index (κ3) is 4.39. The average molecular weight is 368 g/mol. The highest BCUT2D eigenvalue weighted by atomic mass is 32.2. The number of fused-ring (bicyclic) bond motifs is 1. The molecule has 0 aliphatic rings. The van der Waals surface area contributed by atoms with Crippen LogP contribution in [-0.4, -0.2) is 39.2 Å². The average Bonchev–Trinajstić information content (AvgIpc) is 3.04. The van der Waals surface area contributed by atoms with E-state index in [4.69, 9.17) is 0 Å². The number of thioether (sulfide) groups is 1. The van der Waals surface area contributed by atoms with Crippen molar-refractivity contribution in [1.29, 1.82) is 0 Å². The largest absolute Gasteiger partial charge is 0.342 e. The summed E-state index contributed by atoms with van der Waals surface area (Å²) in [5, 5.41) is 2.54. The van der Waals surface area contributed by atoms with Gasteiger partial charge in [0.05, 0.1) is 11.3 Å². The van der Waals surface area contributed by atoms with Crippen LogP contribution < -0.4 is 5.56 Å². The van der Waals surface area contributed by atoms with E-state index in [2.05, 4.69) is 18.8 Å². The molecule has 7 heteroatoms. The third-order valence-electron chi connectivity index (χ3n) is 3.64. The van der Waals surface area contributed by atoms with Crippen molar-refractivity contribution in [2.75, 3.05) is 18.8 Å². The summed E-state index contributed by atoms with van der Waals surface area (Å²) in [6.45, 7) is 8.39. The summed E-state index contributed by atoms with van der Waals surface area (Å²) >= 11 is 2.80. The first kappa shape index (κ1) is 19.0. The fourth-order valence-electron chi connectivity index (χ4n) is 2.57. The van der Waals surface area contributed by atoms with Crippen LogP contribution in [0.25, 0.3) is 10.2 Å². The summed E-state index contributed by atoms with van der Waals surface area (Å²) in [6, 6.07) is 1.87. The van der Waals surface area contributed by atoms with Crippen LogP contribution in [-0.2, 0) is 11.3 Å². The molecule has 0 fully saturated rings. The van der Waals surface area contributed by atoms with Crippen LogP contribution >= 0.6 is 23.1 Å². The van der Waals surface area contributed by atoms with Crippen LogP contribution in [0.1, 0.15) is 40.0 Å². The summed E-state index contributed by atoms with van der Waals surface area (Å²) in [4.78, 5) is 31.6. The molecule has 0 atom stereocenters. The number of rotatable bonds is 9. The number of nitrogens with zero attached hydrogens (tertiary/aromatic N) is 3. The maximum absolute atomic E-state index is 12.6. The molecule has 0 aliphatic carbocycles. The van der Waals surface area contributed by atoms with Gasteiger partial charge in [-0.3, -0.25) is 14.2 Å². The lowest BCUT2D eigenvalue weighted by molar-refractivity contribution is -0.128. The Morgan fingerprint density at radius 1 is 1.25 bits per heavy atom. The van der Waals surface area contributed by atoms with Crippen LogP contribution in [0.5, 0.6) is 0 Å². The Morgan fingerprint density at radius 2 is 1.96 bits per heavy atom. The van der Waals surface area contributed by atoms with Crippen LogP contribution in [0.4, 0.5) is 0 Å². The summed E-state index contributed by atoms with van der Waals surface area (Å²) in [5.41, 5.74) is 0.733. The minimum Gasteiger partial charge on any atom is -0.342 e. The zero-order valence-electron chi connectivity index (χ0n) is 14.6. The Kier molecular flexibility index (Phi) is 7.30. The van der Waals surface area contributed by atoms with Gasteiger partial charge in [0.15, 0.2) is 5.16 Å². The third-order valence-corrected chi connectivity index (χ3v) is 5.50. The molecular formula is C17H25N3O2S2. The zero-order valence-corrected chi connectivity index (χ0v) is 16.2. The molecule has 0 bridgehead atoms. The van der Waals surface area contributed by atoms with Crippen molar-refractivity contribution in [3.05, 3.63) is 21.8 Å². The van der Waals surface area contributed by atoms with Crippen molar-refractivity contribution in [1.82, 2.24) is 14.5 Å². The van der Waals surface area contributed by atoms with Crippen LogP contribution in [0.2, 0.25) is 0 Å². The predicted octanol–water partition coefficient (Wildman–Crippen LogP) is 3.61. The van der Waals surface area contributed by atoms with E-state index in [9.17, 15) is 9.59 Å². The predicted molar refractivity (Wildman–Crippen MR) is 102 cm³/mol. The minimum absolute atomic E-state index is 0.00534. The van der Waals surface area contributed by atoms with Gasteiger partial charge in [-0.25, -0.2) is 4.98 Å². The summed E-state index contributed by atoms with van der Waals surface area (Å²) < 4.78 is 2.40. The number of carbonyl (C=O) groups is 1. The van der Waals surface area contributed by atoms with E-state index in [0.717, 1.165) is 37.9 Å². The van der Waals surface area contributed by atoms with E-state index in [-0.39, 0.29) is 11.5 Å². The van der Waals surface area contributed by atoms with Crippen molar-refractivity contribution >= 4 is 39.2 Å². The first-order chi connectivity index (χ1) is 11.6. The van der Waals surface area contributed by atoms with Gasteiger partial charge in [0.2, 0.25) is 5.91 Å². The van der Waals surface area contributed by atoms with Gasteiger partial charge in [0.1, 0.15) is 4.70 Å². The Bertz CT molecular complexity index is 733. The van der Waals surface area contributed by atoms with Crippen LogP contribution in [0.15, 0.2) is 21.4 Å². The zero-order chi connectivity index (χ0) is 17.5. The van der Waals surface area contributed by atoms with E-state index >= 15 is 0 Å². The number of thiophene rings is 1. The normalized spacial score (nSPS) is 11.1. The molecule has 0 unspecified atom stereocenters. The number of hydrogen-bond acceptors (Lipinski definition) is 5. The van der Waals surface area contributed by atoms with Gasteiger partial charge in [0.25, 0.3) is 5.56 Å². The molecule has 0 spiro atoms. The molecule has 0 radical (unpaired) electrons. The molecule has 2 heterocycles. The topological polar surface area (TPSA) is 55.2 Å². The molecule has 2 aromatic rings. The van der Waals surface area contributed by atoms with Gasteiger partial charge >= 0.3 is 0 Å².